The molecule has 0 radical (unpaired) electrons. The van der Waals surface area contributed by atoms with Crippen LogP contribution >= 0.6 is 34.0 Å². The molecule has 0 saturated carbocycles. The number of likely N-dealkylation sites (N-methyl/N-ethyl adjacent to an activating group) is 1. The van der Waals surface area contributed by atoms with Crippen LogP contribution in [-0.2, 0) is 6.42 Å². The summed E-state index contributed by atoms with van der Waals surface area (Å²) < 4.78 is 2.69. The molecule has 3 rings (SSSR count). The van der Waals surface area contributed by atoms with E-state index in [2.05, 4.69) is 40.0 Å². The molecule has 3 nitrogen and oxygen atoms in total. The highest BCUT2D eigenvalue weighted by Crippen LogP contribution is 2.37. The molecule has 0 bridgehead atoms. The zero-order valence-electron chi connectivity index (χ0n) is 9.97. The minimum atomic E-state index is 0.964. The molecular formula is C12H13N3S3. The predicted octanol–water partition coefficient (Wildman–Crippen LogP) is 3.63. The Hall–Kier alpha value is -0.820. The maximum Gasteiger partial charge on any atom is 0.157 e. The van der Waals surface area contributed by atoms with Gasteiger partial charge in [0.05, 0.1) is 4.88 Å². The smallest absolute Gasteiger partial charge is 0.157 e. The molecule has 6 heteroatoms. The van der Waals surface area contributed by atoms with E-state index in [9.17, 15) is 0 Å². The van der Waals surface area contributed by atoms with E-state index >= 15 is 0 Å². The lowest BCUT2D eigenvalue weighted by Gasteiger charge is -1.95. The fraction of sp³-hybridized carbons (Fsp3) is 0.333. The number of thiophene rings is 2. The summed E-state index contributed by atoms with van der Waals surface area (Å²) in [7, 11) is 0. The summed E-state index contributed by atoms with van der Waals surface area (Å²) in [6, 6.07) is 4.39. The van der Waals surface area contributed by atoms with Crippen molar-refractivity contribution in [3.05, 3.63) is 22.5 Å². The van der Waals surface area contributed by atoms with Gasteiger partial charge in [0, 0.05) is 22.4 Å². The minimum absolute atomic E-state index is 0.964. The summed E-state index contributed by atoms with van der Waals surface area (Å²) in [6.45, 7) is 4.10. The van der Waals surface area contributed by atoms with Crippen molar-refractivity contribution < 1.29 is 0 Å². The predicted molar refractivity (Wildman–Crippen MR) is 80.9 cm³/mol. The van der Waals surface area contributed by atoms with Gasteiger partial charge < -0.3 is 5.32 Å². The summed E-state index contributed by atoms with van der Waals surface area (Å²) in [5, 5.41) is 16.2. The summed E-state index contributed by atoms with van der Waals surface area (Å²) in [4.78, 5) is 1.24. The van der Waals surface area contributed by atoms with E-state index in [1.165, 1.54) is 14.3 Å². The van der Waals surface area contributed by atoms with E-state index in [0.717, 1.165) is 29.5 Å². The van der Waals surface area contributed by atoms with E-state index in [0.29, 0.717) is 0 Å². The van der Waals surface area contributed by atoms with E-state index in [-0.39, 0.29) is 0 Å². The third-order valence-corrected chi connectivity index (χ3v) is 5.83. The molecule has 0 aliphatic carbocycles. The van der Waals surface area contributed by atoms with Crippen molar-refractivity contribution in [2.24, 2.45) is 0 Å². The fourth-order valence-corrected chi connectivity index (χ4v) is 4.69. The van der Waals surface area contributed by atoms with Crippen LogP contribution in [0.2, 0.25) is 0 Å². The largest absolute Gasteiger partial charge is 0.317 e. The zero-order chi connectivity index (χ0) is 12.4. The van der Waals surface area contributed by atoms with E-state index in [1.807, 2.05) is 0 Å². The average Bonchev–Trinajstić information content (AvgIpc) is 3.02. The molecule has 1 N–H and O–H groups in total. The molecule has 3 heterocycles. The van der Waals surface area contributed by atoms with E-state index in [1.54, 1.807) is 34.0 Å². The Morgan fingerprint density at radius 1 is 1.22 bits per heavy atom. The first-order chi connectivity index (χ1) is 8.86. The first-order valence-corrected chi connectivity index (χ1v) is 8.38. The third kappa shape index (κ3) is 2.47. The van der Waals surface area contributed by atoms with Crippen molar-refractivity contribution in [3.8, 4) is 9.88 Å². The standard InChI is InChI=1S/C12H13N3S3/c1-2-13-5-3-11-14-15-12(18-11)10-7-9-8(17-10)4-6-16-9/h4,6-7,13H,2-3,5H2,1H3. The van der Waals surface area contributed by atoms with Crippen molar-refractivity contribution in [1.82, 2.24) is 15.5 Å². The molecule has 94 valence electrons. The first kappa shape index (κ1) is 12.2. The highest BCUT2D eigenvalue weighted by Gasteiger charge is 2.10. The quantitative estimate of drug-likeness (QED) is 0.730. The zero-order valence-corrected chi connectivity index (χ0v) is 12.4. The number of nitrogens with one attached hydrogen (secondary N) is 1. The molecule has 0 saturated heterocycles. The van der Waals surface area contributed by atoms with Gasteiger partial charge in [0.1, 0.15) is 5.01 Å². The Bertz CT molecular complexity index is 609. The Balaban J connectivity index is 1.78. The van der Waals surface area contributed by atoms with Gasteiger partial charge in [-0.25, -0.2) is 0 Å². The number of hydrogen-bond acceptors (Lipinski definition) is 6. The number of rotatable bonds is 5. The van der Waals surface area contributed by atoms with Crippen LogP contribution in [0.15, 0.2) is 17.5 Å². The molecule has 0 spiro atoms. The van der Waals surface area contributed by atoms with Crippen LogP contribution in [0.5, 0.6) is 0 Å². The normalized spacial score (nSPS) is 11.4. The maximum absolute atomic E-state index is 4.30. The molecule has 3 aromatic heterocycles. The van der Waals surface area contributed by atoms with Crippen LogP contribution in [-0.4, -0.2) is 23.3 Å². The fourth-order valence-electron chi connectivity index (χ4n) is 1.70. The second-order valence-corrected chi connectivity index (χ2v) is 6.96. The minimum Gasteiger partial charge on any atom is -0.317 e. The number of nitrogens with zero attached hydrogens (tertiary/aromatic N) is 2. The maximum atomic E-state index is 4.30. The molecule has 3 aromatic rings. The SMILES string of the molecule is CCNCCc1nnc(-c2cc3sccc3s2)s1. The number of aromatic nitrogens is 2. The lowest BCUT2D eigenvalue weighted by atomic mass is 10.4. The molecule has 0 atom stereocenters. The summed E-state index contributed by atoms with van der Waals surface area (Å²) in [6.07, 6.45) is 0.964. The Morgan fingerprint density at radius 3 is 3.00 bits per heavy atom. The monoisotopic (exact) mass is 295 g/mol. The van der Waals surface area contributed by atoms with Gasteiger partial charge in [-0.15, -0.1) is 32.9 Å². The van der Waals surface area contributed by atoms with Crippen LogP contribution in [0.4, 0.5) is 0 Å². The van der Waals surface area contributed by atoms with Gasteiger partial charge in [-0.2, -0.15) is 0 Å². The average molecular weight is 295 g/mol. The lowest BCUT2D eigenvalue weighted by molar-refractivity contribution is 0.710. The molecule has 0 unspecified atom stereocenters. The van der Waals surface area contributed by atoms with Gasteiger partial charge in [-0.1, -0.05) is 18.3 Å². The van der Waals surface area contributed by atoms with Gasteiger partial charge in [-0.05, 0) is 24.1 Å². The molecule has 0 fully saturated rings. The van der Waals surface area contributed by atoms with Gasteiger partial charge >= 0.3 is 0 Å². The molecule has 18 heavy (non-hydrogen) atoms. The number of hydrogen-bond donors (Lipinski definition) is 1. The van der Waals surface area contributed by atoms with Gasteiger partial charge in [0.2, 0.25) is 0 Å². The van der Waals surface area contributed by atoms with Gasteiger partial charge in [0.15, 0.2) is 5.01 Å². The van der Waals surface area contributed by atoms with Crippen molar-refractivity contribution in [3.63, 3.8) is 0 Å². The van der Waals surface area contributed by atoms with Crippen LogP contribution in [0.25, 0.3) is 19.3 Å². The van der Waals surface area contributed by atoms with Crippen LogP contribution in [0.1, 0.15) is 11.9 Å². The van der Waals surface area contributed by atoms with Crippen molar-refractivity contribution >= 4 is 43.4 Å². The third-order valence-electron chi connectivity index (χ3n) is 2.58. The van der Waals surface area contributed by atoms with Crippen molar-refractivity contribution in [2.75, 3.05) is 13.1 Å². The van der Waals surface area contributed by atoms with Gasteiger partial charge in [-0.3, -0.25) is 0 Å². The summed E-state index contributed by atoms with van der Waals surface area (Å²) >= 11 is 5.29. The summed E-state index contributed by atoms with van der Waals surface area (Å²) in [5.74, 6) is 0. The highest BCUT2D eigenvalue weighted by atomic mass is 32.1. The second-order valence-electron chi connectivity index (χ2n) is 3.86. The lowest BCUT2D eigenvalue weighted by Crippen LogP contribution is -2.15. The Labute approximate surface area is 118 Å². The second kappa shape index (κ2) is 5.44. The van der Waals surface area contributed by atoms with Crippen LogP contribution in [0.3, 0.4) is 0 Å². The van der Waals surface area contributed by atoms with E-state index in [4.69, 9.17) is 0 Å². The molecule has 0 amide bonds. The van der Waals surface area contributed by atoms with Crippen LogP contribution in [0, 0.1) is 0 Å². The molecule has 0 aromatic carbocycles. The first-order valence-electron chi connectivity index (χ1n) is 5.87. The van der Waals surface area contributed by atoms with E-state index < -0.39 is 0 Å². The topological polar surface area (TPSA) is 37.8 Å². The molecule has 0 aliphatic heterocycles. The number of fused-ring (bicyclic) bond motifs is 1. The van der Waals surface area contributed by atoms with Crippen LogP contribution < -0.4 is 5.32 Å². The highest BCUT2D eigenvalue weighted by molar-refractivity contribution is 7.30. The van der Waals surface area contributed by atoms with Crippen molar-refractivity contribution in [2.45, 2.75) is 13.3 Å². The molecule has 0 aliphatic rings. The van der Waals surface area contributed by atoms with Gasteiger partial charge in [0.25, 0.3) is 0 Å². The molecular weight excluding hydrogens is 282 g/mol. The summed E-state index contributed by atoms with van der Waals surface area (Å²) in [5.41, 5.74) is 0. The van der Waals surface area contributed by atoms with Crippen molar-refractivity contribution in [1.29, 1.82) is 0 Å². The Kier molecular flexibility index (Phi) is 3.69. The Morgan fingerprint density at radius 2 is 2.17 bits per heavy atom.